The minimum atomic E-state index is -0.825. The summed E-state index contributed by atoms with van der Waals surface area (Å²) in [5.74, 6) is 0.0259. The van der Waals surface area contributed by atoms with Gasteiger partial charge < -0.3 is 14.7 Å². The topological polar surface area (TPSA) is 66.8 Å². The van der Waals surface area contributed by atoms with Crippen molar-refractivity contribution in [3.8, 4) is 5.75 Å². The number of amides is 1. The van der Waals surface area contributed by atoms with E-state index in [0.717, 1.165) is 37.0 Å². The van der Waals surface area contributed by atoms with Crippen molar-refractivity contribution in [1.82, 2.24) is 4.90 Å². The van der Waals surface area contributed by atoms with E-state index in [-0.39, 0.29) is 12.3 Å². The molecule has 0 spiro atoms. The molecule has 23 heavy (non-hydrogen) atoms. The first kappa shape index (κ1) is 17.3. The lowest BCUT2D eigenvalue weighted by Gasteiger charge is -2.33. The molecule has 1 aromatic rings. The molecule has 126 valence electrons. The Kier molecular flexibility index (Phi) is 5.64. The monoisotopic (exact) mass is 319 g/mol. The quantitative estimate of drug-likeness (QED) is 0.839. The lowest BCUT2D eigenvalue weighted by Crippen LogP contribution is -2.44. The van der Waals surface area contributed by atoms with Gasteiger partial charge in [-0.3, -0.25) is 9.59 Å². The van der Waals surface area contributed by atoms with Crippen molar-refractivity contribution in [2.75, 3.05) is 20.7 Å². The summed E-state index contributed by atoms with van der Waals surface area (Å²) in [7, 11) is 3.39. The highest BCUT2D eigenvalue weighted by Crippen LogP contribution is 2.43. The van der Waals surface area contributed by atoms with Gasteiger partial charge >= 0.3 is 5.97 Å². The summed E-state index contributed by atoms with van der Waals surface area (Å²) < 4.78 is 5.30. The predicted molar refractivity (Wildman–Crippen MR) is 87.6 cm³/mol. The molecule has 0 aromatic heterocycles. The van der Waals surface area contributed by atoms with E-state index in [2.05, 4.69) is 0 Å². The summed E-state index contributed by atoms with van der Waals surface area (Å²) in [6.07, 6.45) is 4.30. The molecule has 0 heterocycles. The number of hydrogen-bond acceptors (Lipinski definition) is 3. The number of benzene rings is 1. The molecule has 0 atom stereocenters. The predicted octanol–water partition coefficient (Wildman–Crippen LogP) is 2.83. The third-order valence-corrected chi connectivity index (χ3v) is 4.72. The van der Waals surface area contributed by atoms with Gasteiger partial charge in [-0.05, 0) is 37.0 Å². The van der Waals surface area contributed by atoms with Gasteiger partial charge in [0.25, 0.3) is 0 Å². The first-order valence-corrected chi connectivity index (χ1v) is 8.11. The Bertz CT molecular complexity index is 564. The average molecular weight is 319 g/mol. The molecule has 1 fully saturated rings. The molecule has 1 saturated carbocycles. The molecule has 1 aliphatic carbocycles. The van der Waals surface area contributed by atoms with Crippen LogP contribution < -0.4 is 4.74 Å². The van der Waals surface area contributed by atoms with Gasteiger partial charge in [0.15, 0.2) is 0 Å². The molecule has 0 radical (unpaired) electrons. The van der Waals surface area contributed by atoms with E-state index in [4.69, 9.17) is 9.84 Å². The van der Waals surface area contributed by atoms with Gasteiger partial charge in [-0.2, -0.15) is 0 Å². The molecule has 5 heteroatoms. The first-order chi connectivity index (χ1) is 11.0. The molecule has 1 N–H and O–H groups in total. The van der Waals surface area contributed by atoms with Gasteiger partial charge in [0.1, 0.15) is 5.75 Å². The van der Waals surface area contributed by atoms with Crippen molar-refractivity contribution in [1.29, 1.82) is 0 Å². The Morgan fingerprint density at radius 2 is 2.00 bits per heavy atom. The van der Waals surface area contributed by atoms with Crippen molar-refractivity contribution in [3.05, 3.63) is 29.8 Å². The summed E-state index contributed by atoms with van der Waals surface area (Å²) in [5, 5.41) is 8.75. The Morgan fingerprint density at radius 3 is 2.61 bits per heavy atom. The second-order valence-electron chi connectivity index (χ2n) is 6.25. The van der Waals surface area contributed by atoms with Crippen molar-refractivity contribution < 1.29 is 19.4 Å². The molecule has 0 saturated heterocycles. The second kappa shape index (κ2) is 7.49. The zero-order chi connectivity index (χ0) is 16.9. The molecule has 2 rings (SSSR count). The number of carbonyl (C=O) groups excluding carboxylic acids is 1. The Hall–Kier alpha value is -2.04. The molecular weight excluding hydrogens is 294 g/mol. The number of methoxy groups -OCH3 is 1. The van der Waals surface area contributed by atoms with E-state index < -0.39 is 11.4 Å². The molecular formula is C18H25NO4. The number of ether oxygens (including phenoxy) is 1. The number of nitrogens with zero attached hydrogens (tertiary/aromatic N) is 1. The molecule has 1 amide bonds. The fourth-order valence-corrected chi connectivity index (χ4v) is 3.46. The van der Waals surface area contributed by atoms with Crippen LogP contribution in [0.5, 0.6) is 5.75 Å². The molecule has 0 aliphatic heterocycles. The number of carbonyl (C=O) groups is 2. The van der Waals surface area contributed by atoms with E-state index in [1.54, 1.807) is 19.1 Å². The lowest BCUT2D eigenvalue weighted by molar-refractivity contribution is -0.139. The van der Waals surface area contributed by atoms with Crippen LogP contribution in [-0.2, 0) is 15.0 Å². The van der Waals surface area contributed by atoms with E-state index >= 15 is 0 Å². The molecule has 0 bridgehead atoms. The van der Waals surface area contributed by atoms with Crippen LogP contribution >= 0.6 is 0 Å². The van der Waals surface area contributed by atoms with Crippen LogP contribution in [0.15, 0.2) is 24.3 Å². The minimum absolute atomic E-state index is 0.0871. The van der Waals surface area contributed by atoms with Gasteiger partial charge in [0.2, 0.25) is 5.91 Å². The number of carboxylic acids is 1. The van der Waals surface area contributed by atoms with Crippen molar-refractivity contribution >= 4 is 11.9 Å². The molecule has 0 unspecified atom stereocenters. The third kappa shape index (κ3) is 3.84. The number of likely N-dealkylation sites (N-methyl/N-ethyl adjacent to an activating group) is 1. The number of carboxylic acid groups (broad SMARTS) is 1. The van der Waals surface area contributed by atoms with Crippen LogP contribution in [0, 0.1) is 0 Å². The summed E-state index contributed by atoms with van der Waals surface area (Å²) in [5.41, 5.74) is 0.511. The first-order valence-electron chi connectivity index (χ1n) is 8.11. The zero-order valence-corrected chi connectivity index (χ0v) is 13.9. The SMILES string of the molecule is COc1cccc(C2(C(=O)N(C)CCCC(=O)O)CCCC2)c1. The summed E-state index contributed by atoms with van der Waals surface area (Å²) in [4.78, 5) is 25.4. The van der Waals surface area contributed by atoms with Gasteiger partial charge in [-0.25, -0.2) is 0 Å². The highest BCUT2D eigenvalue weighted by Gasteiger charge is 2.44. The number of aliphatic carboxylic acids is 1. The van der Waals surface area contributed by atoms with Crippen LogP contribution in [0.4, 0.5) is 0 Å². The Labute approximate surface area is 137 Å². The largest absolute Gasteiger partial charge is 0.497 e. The summed E-state index contributed by atoms with van der Waals surface area (Å²) in [6, 6.07) is 7.75. The third-order valence-electron chi connectivity index (χ3n) is 4.72. The number of rotatable bonds is 7. The summed E-state index contributed by atoms with van der Waals surface area (Å²) >= 11 is 0. The van der Waals surface area contributed by atoms with Gasteiger partial charge in [0, 0.05) is 20.0 Å². The maximum Gasteiger partial charge on any atom is 0.303 e. The molecule has 5 nitrogen and oxygen atoms in total. The van der Waals surface area contributed by atoms with Crippen LogP contribution in [0.25, 0.3) is 0 Å². The van der Waals surface area contributed by atoms with Crippen molar-refractivity contribution in [3.63, 3.8) is 0 Å². The maximum atomic E-state index is 13.1. The van der Waals surface area contributed by atoms with Crippen LogP contribution in [0.3, 0.4) is 0 Å². The van der Waals surface area contributed by atoms with E-state index in [1.807, 2.05) is 24.3 Å². The average Bonchev–Trinajstić information content (AvgIpc) is 3.04. The summed E-state index contributed by atoms with van der Waals surface area (Å²) in [6.45, 7) is 0.469. The normalized spacial score (nSPS) is 16.1. The van der Waals surface area contributed by atoms with Crippen LogP contribution in [0.1, 0.15) is 44.1 Å². The van der Waals surface area contributed by atoms with E-state index in [9.17, 15) is 9.59 Å². The fourth-order valence-electron chi connectivity index (χ4n) is 3.46. The highest BCUT2D eigenvalue weighted by molar-refractivity contribution is 5.88. The van der Waals surface area contributed by atoms with Gasteiger partial charge in [-0.15, -0.1) is 0 Å². The van der Waals surface area contributed by atoms with Crippen molar-refractivity contribution in [2.24, 2.45) is 0 Å². The van der Waals surface area contributed by atoms with E-state index in [0.29, 0.717) is 13.0 Å². The van der Waals surface area contributed by atoms with Gasteiger partial charge in [-0.1, -0.05) is 25.0 Å². The van der Waals surface area contributed by atoms with Gasteiger partial charge in [0.05, 0.1) is 12.5 Å². The highest BCUT2D eigenvalue weighted by atomic mass is 16.5. The zero-order valence-electron chi connectivity index (χ0n) is 13.9. The fraction of sp³-hybridized carbons (Fsp3) is 0.556. The van der Waals surface area contributed by atoms with Crippen molar-refractivity contribution in [2.45, 2.75) is 43.9 Å². The Balaban J connectivity index is 2.19. The second-order valence-corrected chi connectivity index (χ2v) is 6.25. The smallest absolute Gasteiger partial charge is 0.303 e. The Morgan fingerprint density at radius 1 is 1.30 bits per heavy atom. The maximum absolute atomic E-state index is 13.1. The number of hydrogen-bond donors (Lipinski definition) is 1. The molecule has 1 aromatic carbocycles. The minimum Gasteiger partial charge on any atom is -0.497 e. The van der Waals surface area contributed by atoms with E-state index in [1.165, 1.54) is 0 Å². The standard InChI is InChI=1S/C18H25NO4/c1-19(12-6-9-16(20)21)17(22)18(10-3-4-11-18)14-7-5-8-15(13-14)23-2/h5,7-8,13H,3-4,6,9-12H2,1-2H3,(H,20,21). The molecule has 1 aliphatic rings. The van der Waals surface area contributed by atoms with Crippen LogP contribution in [-0.4, -0.2) is 42.6 Å². The van der Waals surface area contributed by atoms with Crippen LogP contribution in [0.2, 0.25) is 0 Å². The lowest BCUT2D eigenvalue weighted by atomic mass is 9.77.